The van der Waals surface area contributed by atoms with Gasteiger partial charge in [-0.25, -0.2) is 0 Å². The van der Waals surface area contributed by atoms with E-state index in [1.165, 1.54) is 23.5 Å². The highest BCUT2D eigenvalue weighted by Gasteiger charge is 2.16. The van der Waals surface area contributed by atoms with Crippen LogP contribution in [-0.4, -0.2) is 29.0 Å². The molecule has 160 valence electrons. The lowest BCUT2D eigenvalue weighted by Gasteiger charge is -2.21. The molecular formula is C24H24N2O3S2. The van der Waals surface area contributed by atoms with Crippen molar-refractivity contribution in [3.63, 3.8) is 0 Å². The maximum absolute atomic E-state index is 12.3. The van der Waals surface area contributed by atoms with Crippen LogP contribution in [0.3, 0.4) is 0 Å². The summed E-state index contributed by atoms with van der Waals surface area (Å²) in [6.45, 7) is 0.370. The normalized spacial score (nSPS) is 14.1. The van der Waals surface area contributed by atoms with Crippen molar-refractivity contribution in [3.8, 4) is 11.5 Å². The van der Waals surface area contributed by atoms with Gasteiger partial charge in [-0.3, -0.25) is 9.78 Å². The fourth-order valence-electron chi connectivity index (χ4n) is 3.06. The van der Waals surface area contributed by atoms with Gasteiger partial charge in [0.05, 0.1) is 4.58 Å². The van der Waals surface area contributed by atoms with Gasteiger partial charge in [0, 0.05) is 29.7 Å². The molecule has 5 nitrogen and oxygen atoms in total. The number of thioether (sulfide) groups is 2. The van der Waals surface area contributed by atoms with Gasteiger partial charge in [-0.05, 0) is 53.8 Å². The smallest absolute Gasteiger partial charge is 0.262 e. The Morgan fingerprint density at radius 2 is 1.84 bits per heavy atom. The first-order valence-corrected chi connectivity index (χ1v) is 12.2. The molecule has 3 aromatic rings. The molecule has 0 unspecified atom stereocenters. The number of carbonyl (C=O) groups is 1. The molecule has 1 saturated heterocycles. The first kappa shape index (κ1) is 21.6. The first-order valence-electron chi connectivity index (χ1n) is 10.1. The van der Waals surface area contributed by atoms with Crippen molar-refractivity contribution in [2.24, 2.45) is 0 Å². The second-order valence-corrected chi connectivity index (χ2v) is 9.74. The van der Waals surface area contributed by atoms with E-state index >= 15 is 0 Å². The molecule has 0 bridgehead atoms. The van der Waals surface area contributed by atoms with Crippen LogP contribution >= 0.6 is 23.5 Å². The van der Waals surface area contributed by atoms with Crippen LogP contribution in [0.4, 0.5) is 5.69 Å². The summed E-state index contributed by atoms with van der Waals surface area (Å²) < 4.78 is 11.9. The molecule has 2 heterocycles. The number of pyridine rings is 1. The summed E-state index contributed by atoms with van der Waals surface area (Å²) in [5, 5.41) is 2.85. The van der Waals surface area contributed by atoms with Crippen LogP contribution in [0.25, 0.3) is 0 Å². The maximum atomic E-state index is 12.3. The van der Waals surface area contributed by atoms with Crippen LogP contribution in [0.15, 0.2) is 73.1 Å². The number of benzene rings is 2. The second kappa shape index (κ2) is 11.1. The number of nitrogens with one attached hydrogen (secondary N) is 1. The highest BCUT2D eigenvalue weighted by Crippen LogP contribution is 2.43. The zero-order valence-corrected chi connectivity index (χ0v) is 18.7. The van der Waals surface area contributed by atoms with E-state index in [4.69, 9.17) is 9.47 Å². The minimum Gasteiger partial charge on any atom is -0.489 e. The van der Waals surface area contributed by atoms with Gasteiger partial charge in [0.2, 0.25) is 0 Å². The molecule has 1 amide bonds. The van der Waals surface area contributed by atoms with Crippen molar-refractivity contribution in [3.05, 3.63) is 84.2 Å². The molecule has 1 aliphatic rings. The largest absolute Gasteiger partial charge is 0.489 e. The Labute approximate surface area is 190 Å². The summed E-state index contributed by atoms with van der Waals surface area (Å²) in [6, 6.07) is 19.2. The Kier molecular flexibility index (Phi) is 7.74. The van der Waals surface area contributed by atoms with Crippen LogP contribution in [0, 0.1) is 0 Å². The predicted molar refractivity (Wildman–Crippen MR) is 128 cm³/mol. The van der Waals surface area contributed by atoms with Crippen molar-refractivity contribution in [1.82, 2.24) is 4.98 Å². The number of hydrogen-bond donors (Lipinski definition) is 1. The summed E-state index contributed by atoms with van der Waals surface area (Å²) in [7, 11) is 0. The Bertz CT molecular complexity index is 978. The number of ether oxygens (including phenoxy) is 2. The molecule has 0 atom stereocenters. The highest BCUT2D eigenvalue weighted by atomic mass is 32.2. The summed E-state index contributed by atoms with van der Waals surface area (Å²) in [6.07, 6.45) is 4.77. The molecular weight excluding hydrogens is 428 g/mol. The summed E-state index contributed by atoms with van der Waals surface area (Å²) in [5.74, 6) is 3.58. The van der Waals surface area contributed by atoms with E-state index in [1.54, 1.807) is 18.5 Å². The third-order valence-electron chi connectivity index (χ3n) is 4.60. The molecule has 1 N–H and O–H groups in total. The van der Waals surface area contributed by atoms with Crippen molar-refractivity contribution in [2.45, 2.75) is 17.6 Å². The molecule has 1 aromatic heterocycles. The lowest BCUT2D eigenvalue weighted by Crippen LogP contribution is -2.20. The van der Waals surface area contributed by atoms with E-state index in [9.17, 15) is 4.79 Å². The number of rotatable bonds is 8. The van der Waals surface area contributed by atoms with E-state index in [0.717, 1.165) is 5.56 Å². The Morgan fingerprint density at radius 1 is 1.00 bits per heavy atom. The van der Waals surface area contributed by atoms with Crippen LogP contribution < -0.4 is 14.8 Å². The average Bonchev–Trinajstić information content (AvgIpc) is 2.83. The first-order chi connectivity index (χ1) is 15.3. The van der Waals surface area contributed by atoms with E-state index < -0.39 is 0 Å². The monoisotopic (exact) mass is 452 g/mol. The fraction of sp³-hybridized carbons (Fsp3) is 0.250. The number of nitrogens with zero attached hydrogens (tertiary/aromatic N) is 1. The number of aromatic nitrogens is 1. The molecule has 7 heteroatoms. The van der Waals surface area contributed by atoms with Crippen LogP contribution in [0.5, 0.6) is 11.5 Å². The third-order valence-corrected chi connectivity index (χ3v) is 7.61. The number of hydrogen-bond acceptors (Lipinski definition) is 6. The molecule has 1 fully saturated rings. The average molecular weight is 453 g/mol. The summed E-state index contributed by atoms with van der Waals surface area (Å²) in [4.78, 5) is 16.4. The van der Waals surface area contributed by atoms with Gasteiger partial charge >= 0.3 is 0 Å². The minimum atomic E-state index is -0.216. The van der Waals surface area contributed by atoms with Gasteiger partial charge in [-0.1, -0.05) is 24.3 Å². The molecule has 0 saturated carbocycles. The van der Waals surface area contributed by atoms with Gasteiger partial charge in [-0.15, -0.1) is 23.5 Å². The summed E-state index contributed by atoms with van der Waals surface area (Å²) >= 11 is 3.98. The van der Waals surface area contributed by atoms with Crippen molar-refractivity contribution >= 4 is 35.1 Å². The minimum absolute atomic E-state index is 0.0486. The molecule has 0 aliphatic carbocycles. The van der Waals surface area contributed by atoms with Crippen molar-refractivity contribution < 1.29 is 14.3 Å². The Morgan fingerprint density at radius 3 is 2.61 bits per heavy atom. The number of carbonyl (C=O) groups excluding carboxylic acids is 1. The second-order valence-electron chi connectivity index (χ2n) is 7.01. The van der Waals surface area contributed by atoms with E-state index in [2.05, 4.69) is 22.4 Å². The Balaban J connectivity index is 1.25. The van der Waals surface area contributed by atoms with Gasteiger partial charge in [0.25, 0.3) is 5.91 Å². The molecule has 31 heavy (non-hydrogen) atoms. The quantitative estimate of drug-likeness (QED) is 0.484. The van der Waals surface area contributed by atoms with Crippen LogP contribution in [-0.2, 0) is 11.4 Å². The third kappa shape index (κ3) is 6.67. The number of anilines is 1. The molecule has 4 rings (SSSR count). The van der Waals surface area contributed by atoms with E-state index in [1.807, 2.05) is 66.0 Å². The molecule has 0 spiro atoms. The van der Waals surface area contributed by atoms with Crippen molar-refractivity contribution in [1.29, 1.82) is 0 Å². The molecule has 2 aromatic carbocycles. The van der Waals surface area contributed by atoms with Crippen LogP contribution in [0.2, 0.25) is 0 Å². The zero-order valence-electron chi connectivity index (χ0n) is 17.0. The standard InChI is InChI=1S/C24H24N2O3S2/c27-23(17-29-21-9-7-19(8-10-21)24-30-12-3-13-31-24)26-20-5-1-6-22(14-20)28-16-18-4-2-11-25-15-18/h1-2,4-11,14-15,24H,3,12-13,16-17H2,(H,26,27). The number of amides is 1. The highest BCUT2D eigenvalue weighted by molar-refractivity contribution is 8.16. The zero-order chi connectivity index (χ0) is 21.3. The van der Waals surface area contributed by atoms with Gasteiger partial charge < -0.3 is 14.8 Å². The van der Waals surface area contributed by atoms with Gasteiger partial charge in [0.15, 0.2) is 6.61 Å². The van der Waals surface area contributed by atoms with E-state index in [-0.39, 0.29) is 12.5 Å². The molecule has 0 radical (unpaired) electrons. The van der Waals surface area contributed by atoms with Crippen molar-refractivity contribution in [2.75, 3.05) is 23.4 Å². The maximum Gasteiger partial charge on any atom is 0.262 e. The Hall–Kier alpha value is -2.64. The van der Waals surface area contributed by atoms with Crippen LogP contribution in [0.1, 0.15) is 22.1 Å². The SMILES string of the molecule is O=C(COc1ccc(C2SCCCS2)cc1)Nc1cccc(OCc2cccnc2)c1. The molecule has 1 aliphatic heterocycles. The summed E-state index contributed by atoms with van der Waals surface area (Å²) in [5.41, 5.74) is 2.95. The van der Waals surface area contributed by atoms with Gasteiger partial charge in [-0.2, -0.15) is 0 Å². The lowest BCUT2D eigenvalue weighted by molar-refractivity contribution is -0.118. The fourth-order valence-corrected chi connectivity index (χ4v) is 5.96. The topological polar surface area (TPSA) is 60.5 Å². The van der Waals surface area contributed by atoms with Gasteiger partial charge in [0.1, 0.15) is 18.1 Å². The van der Waals surface area contributed by atoms with E-state index in [0.29, 0.717) is 28.4 Å². The predicted octanol–water partition coefficient (Wildman–Crippen LogP) is 5.55. The lowest BCUT2D eigenvalue weighted by atomic mass is 10.2.